The van der Waals surface area contributed by atoms with Crippen molar-refractivity contribution in [3.8, 4) is 11.4 Å². The molecular formula is C13H13BrN2O. The van der Waals surface area contributed by atoms with Crippen LogP contribution in [0, 0.1) is 0 Å². The van der Waals surface area contributed by atoms with E-state index >= 15 is 0 Å². The quantitative estimate of drug-likeness (QED) is 0.876. The molecule has 3 rings (SSSR count). The first-order valence-corrected chi connectivity index (χ1v) is 6.61. The molecule has 0 aliphatic heterocycles. The summed E-state index contributed by atoms with van der Waals surface area (Å²) in [5, 5.41) is 14.4. The molecule has 1 heterocycles. The van der Waals surface area contributed by atoms with E-state index in [2.05, 4.69) is 21.0 Å². The molecule has 0 saturated heterocycles. The number of fused-ring (bicyclic) bond motifs is 1. The van der Waals surface area contributed by atoms with E-state index in [4.69, 9.17) is 0 Å². The van der Waals surface area contributed by atoms with Gasteiger partial charge in [-0.25, -0.2) is 4.68 Å². The lowest BCUT2D eigenvalue weighted by atomic mass is 9.98. The van der Waals surface area contributed by atoms with Crippen LogP contribution in [0.5, 0.6) is 5.75 Å². The lowest BCUT2D eigenvalue weighted by molar-refractivity contribution is 0.469. The Bertz CT molecular complexity index is 563. The summed E-state index contributed by atoms with van der Waals surface area (Å²) >= 11 is 3.51. The predicted octanol–water partition coefficient (Wildman–Crippen LogP) is 3.22. The van der Waals surface area contributed by atoms with E-state index in [1.54, 1.807) is 6.07 Å². The molecule has 0 radical (unpaired) electrons. The van der Waals surface area contributed by atoms with Crippen molar-refractivity contribution in [1.29, 1.82) is 0 Å². The van der Waals surface area contributed by atoms with Gasteiger partial charge in [-0.3, -0.25) is 0 Å². The Morgan fingerprint density at radius 3 is 2.76 bits per heavy atom. The summed E-state index contributed by atoms with van der Waals surface area (Å²) in [6.07, 6.45) is 4.52. The number of nitrogens with zero attached hydrogens (tertiary/aromatic N) is 2. The summed E-state index contributed by atoms with van der Waals surface area (Å²) < 4.78 is 2.78. The standard InChI is InChI=1S/C13H13BrN2O/c14-13-9-5-1-2-6-10(9)16(15-13)11-7-3-4-8-12(11)17/h3-4,7-8,17H,1-2,5-6H2. The monoisotopic (exact) mass is 292 g/mol. The fourth-order valence-electron chi connectivity index (χ4n) is 2.40. The number of aromatic nitrogens is 2. The van der Waals surface area contributed by atoms with Crippen LogP contribution in [-0.2, 0) is 12.8 Å². The molecule has 3 nitrogen and oxygen atoms in total. The van der Waals surface area contributed by atoms with Gasteiger partial charge in [-0.1, -0.05) is 12.1 Å². The third kappa shape index (κ3) is 1.76. The summed E-state index contributed by atoms with van der Waals surface area (Å²) in [7, 11) is 0. The van der Waals surface area contributed by atoms with E-state index in [-0.39, 0.29) is 5.75 Å². The summed E-state index contributed by atoms with van der Waals surface area (Å²) in [5.41, 5.74) is 3.28. The number of aromatic hydroxyl groups is 1. The minimum absolute atomic E-state index is 0.274. The Balaban J connectivity index is 2.19. The van der Waals surface area contributed by atoms with Crippen LogP contribution in [0.15, 0.2) is 28.9 Å². The van der Waals surface area contributed by atoms with Gasteiger partial charge in [0, 0.05) is 11.3 Å². The SMILES string of the molecule is Oc1ccccc1-n1nc(Br)c2c1CCCC2. The Morgan fingerprint density at radius 1 is 1.18 bits per heavy atom. The summed E-state index contributed by atoms with van der Waals surface area (Å²) in [6, 6.07) is 7.33. The van der Waals surface area contributed by atoms with Crippen LogP contribution in [0.4, 0.5) is 0 Å². The minimum atomic E-state index is 0.274. The topological polar surface area (TPSA) is 38.0 Å². The number of para-hydroxylation sites is 2. The van der Waals surface area contributed by atoms with Crippen LogP contribution in [0.2, 0.25) is 0 Å². The number of hydrogen-bond donors (Lipinski definition) is 1. The zero-order valence-electron chi connectivity index (χ0n) is 9.36. The van der Waals surface area contributed by atoms with Gasteiger partial charge >= 0.3 is 0 Å². The maximum atomic E-state index is 9.90. The third-order valence-corrected chi connectivity index (χ3v) is 3.88. The van der Waals surface area contributed by atoms with E-state index in [1.807, 2.05) is 22.9 Å². The van der Waals surface area contributed by atoms with Crippen molar-refractivity contribution in [3.63, 3.8) is 0 Å². The van der Waals surface area contributed by atoms with Crippen molar-refractivity contribution in [1.82, 2.24) is 9.78 Å². The molecule has 4 heteroatoms. The van der Waals surface area contributed by atoms with Crippen LogP contribution in [-0.4, -0.2) is 14.9 Å². The van der Waals surface area contributed by atoms with E-state index in [0.29, 0.717) is 0 Å². The molecule has 0 atom stereocenters. The Labute approximate surface area is 108 Å². The van der Waals surface area contributed by atoms with Crippen molar-refractivity contribution >= 4 is 15.9 Å². The summed E-state index contributed by atoms with van der Waals surface area (Å²) in [4.78, 5) is 0. The number of phenols is 1. The molecule has 0 amide bonds. The van der Waals surface area contributed by atoms with Gasteiger partial charge in [0.15, 0.2) is 0 Å². The molecular weight excluding hydrogens is 280 g/mol. The largest absolute Gasteiger partial charge is 0.506 e. The zero-order valence-corrected chi connectivity index (χ0v) is 10.9. The Hall–Kier alpha value is -1.29. The smallest absolute Gasteiger partial charge is 0.141 e. The number of rotatable bonds is 1. The fourth-order valence-corrected chi connectivity index (χ4v) is 2.98. The Morgan fingerprint density at radius 2 is 1.94 bits per heavy atom. The highest BCUT2D eigenvalue weighted by atomic mass is 79.9. The average molecular weight is 293 g/mol. The van der Waals surface area contributed by atoms with Gasteiger partial charge in [0.05, 0.1) is 0 Å². The second-order valence-corrected chi connectivity index (χ2v) is 5.07. The van der Waals surface area contributed by atoms with E-state index in [1.165, 1.54) is 24.1 Å². The summed E-state index contributed by atoms with van der Waals surface area (Å²) in [5.74, 6) is 0.274. The van der Waals surface area contributed by atoms with Crippen LogP contribution in [0.25, 0.3) is 5.69 Å². The van der Waals surface area contributed by atoms with E-state index < -0.39 is 0 Å². The average Bonchev–Trinajstić information content (AvgIpc) is 2.68. The van der Waals surface area contributed by atoms with Gasteiger partial charge in [-0.15, -0.1) is 0 Å². The first-order valence-electron chi connectivity index (χ1n) is 5.82. The van der Waals surface area contributed by atoms with Gasteiger partial charge in [0.25, 0.3) is 0 Å². The van der Waals surface area contributed by atoms with Gasteiger partial charge in [-0.2, -0.15) is 5.10 Å². The Kier molecular flexibility index (Phi) is 2.67. The molecule has 0 spiro atoms. The molecule has 1 aromatic carbocycles. The fraction of sp³-hybridized carbons (Fsp3) is 0.308. The number of phenolic OH excluding ortho intramolecular Hbond substituents is 1. The molecule has 0 saturated carbocycles. The van der Waals surface area contributed by atoms with Crippen molar-refractivity contribution in [2.24, 2.45) is 0 Å². The minimum Gasteiger partial charge on any atom is -0.506 e. The van der Waals surface area contributed by atoms with Crippen molar-refractivity contribution < 1.29 is 5.11 Å². The highest BCUT2D eigenvalue weighted by Crippen LogP contribution is 2.31. The lowest BCUT2D eigenvalue weighted by Gasteiger charge is -2.14. The molecule has 1 N–H and O–H groups in total. The molecule has 0 fully saturated rings. The lowest BCUT2D eigenvalue weighted by Crippen LogP contribution is -2.07. The van der Waals surface area contributed by atoms with Crippen molar-refractivity contribution in [2.75, 3.05) is 0 Å². The molecule has 1 aromatic heterocycles. The third-order valence-electron chi connectivity index (χ3n) is 3.24. The van der Waals surface area contributed by atoms with E-state index in [0.717, 1.165) is 23.1 Å². The molecule has 17 heavy (non-hydrogen) atoms. The van der Waals surface area contributed by atoms with Crippen LogP contribution >= 0.6 is 15.9 Å². The highest BCUT2D eigenvalue weighted by Gasteiger charge is 2.21. The molecule has 88 valence electrons. The second-order valence-electron chi connectivity index (χ2n) is 4.32. The van der Waals surface area contributed by atoms with Gasteiger partial charge in [0.1, 0.15) is 16.0 Å². The van der Waals surface area contributed by atoms with Crippen molar-refractivity contribution in [2.45, 2.75) is 25.7 Å². The first kappa shape index (κ1) is 10.8. The van der Waals surface area contributed by atoms with Crippen LogP contribution < -0.4 is 0 Å². The molecule has 0 bridgehead atoms. The van der Waals surface area contributed by atoms with Gasteiger partial charge < -0.3 is 5.11 Å². The zero-order chi connectivity index (χ0) is 11.8. The maximum absolute atomic E-state index is 9.90. The number of benzene rings is 1. The van der Waals surface area contributed by atoms with Crippen molar-refractivity contribution in [3.05, 3.63) is 40.1 Å². The van der Waals surface area contributed by atoms with E-state index in [9.17, 15) is 5.11 Å². The number of hydrogen-bond acceptors (Lipinski definition) is 2. The predicted molar refractivity (Wildman–Crippen MR) is 69.6 cm³/mol. The first-order chi connectivity index (χ1) is 8.27. The van der Waals surface area contributed by atoms with Crippen LogP contribution in [0.1, 0.15) is 24.1 Å². The van der Waals surface area contributed by atoms with Gasteiger partial charge in [0.2, 0.25) is 0 Å². The molecule has 0 unspecified atom stereocenters. The summed E-state index contributed by atoms with van der Waals surface area (Å²) in [6.45, 7) is 0. The molecule has 1 aliphatic carbocycles. The second kappa shape index (κ2) is 4.18. The van der Waals surface area contributed by atoms with Gasteiger partial charge in [-0.05, 0) is 53.7 Å². The molecule has 2 aromatic rings. The highest BCUT2D eigenvalue weighted by molar-refractivity contribution is 9.10. The maximum Gasteiger partial charge on any atom is 0.141 e. The van der Waals surface area contributed by atoms with Crippen LogP contribution in [0.3, 0.4) is 0 Å². The number of halogens is 1. The molecule has 1 aliphatic rings. The normalized spacial score (nSPS) is 14.6.